The number of rotatable bonds is 4. The Morgan fingerprint density at radius 2 is 1.65 bits per heavy atom. The van der Waals surface area contributed by atoms with E-state index >= 15 is 0 Å². The first-order valence-electron chi connectivity index (χ1n) is 6.55. The maximum Gasteiger partial charge on any atom is 0.161 e. The summed E-state index contributed by atoms with van der Waals surface area (Å²) in [6, 6.07) is 13.1. The van der Waals surface area contributed by atoms with Gasteiger partial charge in [-0.15, -0.1) is 0 Å². The molecule has 0 unspecified atom stereocenters. The second-order valence-electron chi connectivity index (χ2n) is 5.02. The van der Waals surface area contributed by atoms with Crippen molar-refractivity contribution in [2.24, 2.45) is 0 Å². The van der Waals surface area contributed by atoms with Gasteiger partial charge in [0.2, 0.25) is 0 Å². The van der Waals surface area contributed by atoms with Crippen LogP contribution in [-0.2, 0) is 0 Å². The number of hydrogen-bond acceptors (Lipinski definition) is 2. The molecule has 0 saturated heterocycles. The summed E-state index contributed by atoms with van der Waals surface area (Å²) in [5.41, 5.74) is 1.77. The summed E-state index contributed by atoms with van der Waals surface area (Å²) in [5, 5.41) is 0.411. The van der Waals surface area contributed by atoms with Crippen LogP contribution in [0.2, 0.25) is 5.02 Å². The van der Waals surface area contributed by atoms with Crippen molar-refractivity contribution in [2.75, 3.05) is 0 Å². The van der Waals surface area contributed by atoms with Crippen molar-refractivity contribution in [3.05, 3.63) is 58.6 Å². The van der Waals surface area contributed by atoms with Crippen LogP contribution in [0.1, 0.15) is 42.6 Å². The Morgan fingerprint density at radius 1 is 1.05 bits per heavy atom. The number of Topliss-reactive ketones (excluding diaryl/α,β-unsaturated/α-hetero) is 1. The van der Waals surface area contributed by atoms with Crippen molar-refractivity contribution in [3.8, 4) is 11.5 Å². The standard InChI is InChI=1S/C17H17ClO2/c1-11(2)13-4-6-14(7-5-13)20-15-8-9-16(12(3)19)17(18)10-15/h4-11H,1-3H3. The maximum absolute atomic E-state index is 11.3. The smallest absolute Gasteiger partial charge is 0.161 e. The fourth-order valence-electron chi connectivity index (χ4n) is 1.90. The van der Waals surface area contributed by atoms with Crippen molar-refractivity contribution < 1.29 is 9.53 Å². The molecule has 0 aromatic heterocycles. The Kier molecular flexibility index (Phi) is 4.46. The van der Waals surface area contributed by atoms with Crippen molar-refractivity contribution in [2.45, 2.75) is 26.7 Å². The zero-order valence-electron chi connectivity index (χ0n) is 11.8. The van der Waals surface area contributed by atoms with E-state index in [4.69, 9.17) is 16.3 Å². The van der Waals surface area contributed by atoms with E-state index in [0.29, 0.717) is 22.3 Å². The highest BCUT2D eigenvalue weighted by Crippen LogP contribution is 2.28. The maximum atomic E-state index is 11.3. The Labute approximate surface area is 124 Å². The van der Waals surface area contributed by atoms with Crippen LogP contribution in [0.3, 0.4) is 0 Å². The predicted molar refractivity (Wildman–Crippen MR) is 82.1 cm³/mol. The Morgan fingerprint density at radius 3 is 2.15 bits per heavy atom. The molecule has 0 fully saturated rings. The van der Waals surface area contributed by atoms with Crippen LogP contribution in [0, 0.1) is 0 Å². The summed E-state index contributed by atoms with van der Waals surface area (Å²) in [4.78, 5) is 11.3. The van der Waals surface area contributed by atoms with E-state index in [1.54, 1.807) is 18.2 Å². The molecule has 0 atom stereocenters. The molecular weight excluding hydrogens is 272 g/mol. The van der Waals surface area contributed by atoms with Crippen LogP contribution in [0.25, 0.3) is 0 Å². The number of ether oxygens (including phenoxy) is 1. The molecule has 0 aliphatic rings. The molecule has 0 bridgehead atoms. The molecule has 3 heteroatoms. The summed E-state index contributed by atoms with van der Waals surface area (Å²) >= 11 is 6.06. The van der Waals surface area contributed by atoms with Gasteiger partial charge in [0.15, 0.2) is 5.78 Å². The number of ketones is 1. The lowest BCUT2D eigenvalue weighted by atomic mass is 10.0. The van der Waals surface area contributed by atoms with Crippen molar-refractivity contribution in [1.29, 1.82) is 0 Å². The van der Waals surface area contributed by atoms with Crippen molar-refractivity contribution in [1.82, 2.24) is 0 Å². The first-order valence-corrected chi connectivity index (χ1v) is 6.93. The fraction of sp³-hybridized carbons (Fsp3) is 0.235. The minimum atomic E-state index is -0.0529. The van der Waals surface area contributed by atoms with Gasteiger partial charge in [0.1, 0.15) is 11.5 Å². The molecule has 104 valence electrons. The highest BCUT2D eigenvalue weighted by atomic mass is 35.5. The molecule has 2 aromatic carbocycles. The summed E-state index contributed by atoms with van der Waals surface area (Å²) < 4.78 is 5.73. The lowest BCUT2D eigenvalue weighted by Crippen LogP contribution is -1.94. The average Bonchev–Trinajstić information content (AvgIpc) is 2.39. The zero-order chi connectivity index (χ0) is 14.7. The highest BCUT2D eigenvalue weighted by molar-refractivity contribution is 6.34. The minimum absolute atomic E-state index is 0.0529. The summed E-state index contributed by atoms with van der Waals surface area (Å²) in [7, 11) is 0. The zero-order valence-corrected chi connectivity index (χ0v) is 12.6. The van der Waals surface area contributed by atoms with Crippen LogP contribution in [0.5, 0.6) is 11.5 Å². The van der Waals surface area contributed by atoms with Gasteiger partial charge in [0.05, 0.1) is 5.02 Å². The molecular formula is C17H17ClO2. The third kappa shape index (κ3) is 3.40. The first kappa shape index (κ1) is 14.6. The number of carbonyl (C=O) groups is 1. The van der Waals surface area contributed by atoms with Gasteiger partial charge in [-0.2, -0.15) is 0 Å². The van der Waals surface area contributed by atoms with Crippen molar-refractivity contribution in [3.63, 3.8) is 0 Å². The van der Waals surface area contributed by atoms with Gasteiger partial charge in [-0.1, -0.05) is 37.6 Å². The van der Waals surface area contributed by atoms with E-state index in [0.717, 1.165) is 5.75 Å². The quantitative estimate of drug-likeness (QED) is 0.698. The molecule has 2 nitrogen and oxygen atoms in total. The van der Waals surface area contributed by atoms with Crippen LogP contribution in [-0.4, -0.2) is 5.78 Å². The molecule has 0 amide bonds. The minimum Gasteiger partial charge on any atom is -0.457 e. The third-order valence-electron chi connectivity index (χ3n) is 3.10. The fourth-order valence-corrected chi connectivity index (χ4v) is 2.21. The van der Waals surface area contributed by atoms with E-state index in [1.165, 1.54) is 12.5 Å². The van der Waals surface area contributed by atoms with Crippen LogP contribution >= 0.6 is 11.6 Å². The van der Waals surface area contributed by atoms with Crippen LogP contribution in [0.15, 0.2) is 42.5 Å². The van der Waals surface area contributed by atoms with Gasteiger partial charge in [-0.3, -0.25) is 4.79 Å². The SMILES string of the molecule is CC(=O)c1ccc(Oc2ccc(C(C)C)cc2)cc1Cl. The van der Waals surface area contributed by atoms with Gasteiger partial charge in [-0.05, 0) is 42.7 Å². The van der Waals surface area contributed by atoms with E-state index < -0.39 is 0 Å². The number of carbonyl (C=O) groups excluding carboxylic acids is 1. The van der Waals surface area contributed by atoms with E-state index in [9.17, 15) is 4.79 Å². The highest BCUT2D eigenvalue weighted by Gasteiger charge is 2.07. The van der Waals surface area contributed by atoms with E-state index in [-0.39, 0.29) is 5.78 Å². The Bertz CT molecular complexity index is 615. The molecule has 0 spiro atoms. The molecule has 2 aromatic rings. The number of halogens is 1. The molecule has 0 radical (unpaired) electrons. The van der Waals surface area contributed by atoms with Gasteiger partial charge < -0.3 is 4.74 Å². The largest absolute Gasteiger partial charge is 0.457 e. The molecule has 0 N–H and O–H groups in total. The lowest BCUT2D eigenvalue weighted by molar-refractivity contribution is 0.101. The molecule has 0 saturated carbocycles. The molecule has 0 aliphatic heterocycles. The van der Waals surface area contributed by atoms with Crippen molar-refractivity contribution >= 4 is 17.4 Å². The third-order valence-corrected chi connectivity index (χ3v) is 3.42. The second-order valence-corrected chi connectivity index (χ2v) is 5.43. The lowest BCUT2D eigenvalue weighted by Gasteiger charge is -2.09. The molecule has 0 heterocycles. The Hall–Kier alpha value is -1.80. The predicted octanol–water partition coefficient (Wildman–Crippen LogP) is 5.46. The number of hydrogen-bond donors (Lipinski definition) is 0. The summed E-state index contributed by atoms with van der Waals surface area (Å²) in [6.07, 6.45) is 0. The van der Waals surface area contributed by atoms with E-state index in [1.807, 2.05) is 24.3 Å². The molecule has 0 aliphatic carbocycles. The second kappa shape index (κ2) is 6.10. The molecule has 20 heavy (non-hydrogen) atoms. The number of benzene rings is 2. The molecule has 2 rings (SSSR count). The van der Waals surface area contributed by atoms with Gasteiger partial charge in [-0.25, -0.2) is 0 Å². The first-order chi connectivity index (χ1) is 9.47. The summed E-state index contributed by atoms with van der Waals surface area (Å²) in [5.74, 6) is 1.81. The van der Waals surface area contributed by atoms with Gasteiger partial charge in [0, 0.05) is 11.6 Å². The van der Waals surface area contributed by atoms with E-state index in [2.05, 4.69) is 13.8 Å². The van der Waals surface area contributed by atoms with Gasteiger partial charge >= 0.3 is 0 Å². The topological polar surface area (TPSA) is 26.3 Å². The van der Waals surface area contributed by atoms with Crippen LogP contribution < -0.4 is 4.74 Å². The Balaban J connectivity index is 2.17. The summed E-state index contributed by atoms with van der Waals surface area (Å²) in [6.45, 7) is 5.79. The normalized spacial score (nSPS) is 10.7. The van der Waals surface area contributed by atoms with Crippen LogP contribution in [0.4, 0.5) is 0 Å². The monoisotopic (exact) mass is 288 g/mol. The average molecular weight is 289 g/mol. The van der Waals surface area contributed by atoms with Gasteiger partial charge in [0.25, 0.3) is 0 Å².